The molecule has 0 unspecified atom stereocenters. The van der Waals surface area contributed by atoms with E-state index in [0.29, 0.717) is 53.5 Å². The highest BCUT2D eigenvalue weighted by Crippen LogP contribution is 2.67. The monoisotopic (exact) mass is 398 g/mol. The minimum absolute atomic E-state index is 0.0180. The maximum atomic E-state index is 13.2. The molecule has 0 saturated heterocycles. The van der Waals surface area contributed by atoms with Crippen LogP contribution in [0.5, 0.6) is 0 Å². The van der Waals surface area contributed by atoms with E-state index in [4.69, 9.17) is 0 Å². The molecule has 8 atom stereocenters. The standard InChI is InChI=1S/C27H42O2/c1-17(2)7-6-8-18(3)21-9-10-22-20-16-25(29)24-15-19(28)11-13-27(24,5)23(20)12-14-26(21,22)4/h6,8,17-18,20-24H,7,9-16H2,1-5H3/t18-,20+,21-,22+,23+,24-,26-,27-/m1/s1. The molecule has 2 heteroatoms. The average molecular weight is 399 g/mol. The molecule has 4 saturated carbocycles. The van der Waals surface area contributed by atoms with Crippen molar-refractivity contribution in [2.24, 2.45) is 52.3 Å². The summed E-state index contributed by atoms with van der Waals surface area (Å²) in [4.78, 5) is 25.3. The molecule has 0 radical (unpaired) electrons. The summed E-state index contributed by atoms with van der Waals surface area (Å²) >= 11 is 0. The van der Waals surface area contributed by atoms with Gasteiger partial charge in [-0.3, -0.25) is 9.59 Å². The minimum atomic E-state index is 0.0180. The Morgan fingerprint density at radius 1 is 0.966 bits per heavy atom. The highest BCUT2D eigenvalue weighted by molar-refractivity contribution is 5.90. The second-order valence-electron chi connectivity index (χ2n) is 12.0. The van der Waals surface area contributed by atoms with Crippen molar-refractivity contribution < 1.29 is 9.59 Å². The molecule has 0 amide bonds. The van der Waals surface area contributed by atoms with Crippen LogP contribution in [-0.2, 0) is 9.59 Å². The molecule has 0 aromatic heterocycles. The largest absolute Gasteiger partial charge is 0.300 e. The van der Waals surface area contributed by atoms with Gasteiger partial charge in [-0.1, -0.05) is 46.8 Å². The Morgan fingerprint density at radius 2 is 1.69 bits per heavy atom. The summed E-state index contributed by atoms with van der Waals surface area (Å²) in [6.45, 7) is 11.9. The Bertz CT molecular complexity index is 691. The predicted molar refractivity (Wildman–Crippen MR) is 118 cm³/mol. The summed E-state index contributed by atoms with van der Waals surface area (Å²) in [6, 6.07) is 0. The number of carbonyl (C=O) groups excluding carboxylic acids is 2. The molecule has 162 valence electrons. The molecule has 4 aliphatic rings. The summed E-state index contributed by atoms with van der Waals surface area (Å²) in [5.41, 5.74) is 0.465. The minimum Gasteiger partial charge on any atom is -0.300 e. The van der Waals surface area contributed by atoms with Gasteiger partial charge in [0.15, 0.2) is 0 Å². The van der Waals surface area contributed by atoms with E-state index in [1.807, 2.05) is 0 Å². The summed E-state index contributed by atoms with van der Waals surface area (Å²) in [7, 11) is 0. The Kier molecular flexibility index (Phi) is 5.62. The quantitative estimate of drug-likeness (QED) is 0.498. The summed E-state index contributed by atoms with van der Waals surface area (Å²) in [5, 5.41) is 0. The molecule has 4 rings (SSSR count). The predicted octanol–water partition coefficient (Wildman–Crippen LogP) is 6.63. The van der Waals surface area contributed by atoms with Gasteiger partial charge in [0, 0.05) is 25.2 Å². The topological polar surface area (TPSA) is 34.1 Å². The van der Waals surface area contributed by atoms with E-state index in [-0.39, 0.29) is 11.3 Å². The molecule has 0 aliphatic heterocycles. The van der Waals surface area contributed by atoms with E-state index < -0.39 is 0 Å². The number of rotatable bonds is 4. The molecular formula is C27H42O2. The van der Waals surface area contributed by atoms with Crippen LogP contribution in [0.25, 0.3) is 0 Å². The lowest BCUT2D eigenvalue weighted by Crippen LogP contribution is -2.56. The number of hydrogen-bond donors (Lipinski definition) is 0. The van der Waals surface area contributed by atoms with Crippen LogP contribution in [0, 0.1) is 52.3 Å². The molecule has 29 heavy (non-hydrogen) atoms. The molecule has 4 fully saturated rings. The zero-order valence-electron chi connectivity index (χ0n) is 19.4. The van der Waals surface area contributed by atoms with Crippen LogP contribution in [0.3, 0.4) is 0 Å². The van der Waals surface area contributed by atoms with Gasteiger partial charge in [-0.05, 0) is 84.9 Å². The molecule has 0 N–H and O–H groups in total. The highest BCUT2D eigenvalue weighted by Gasteiger charge is 2.62. The van der Waals surface area contributed by atoms with Crippen LogP contribution in [0.1, 0.15) is 92.4 Å². The molecule has 0 heterocycles. The van der Waals surface area contributed by atoms with Gasteiger partial charge >= 0.3 is 0 Å². The smallest absolute Gasteiger partial charge is 0.137 e. The van der Waals surface area contributed by atoms with Crippen LogP contribution in [0.15, 0.2) is 12.2 Å². The Hall–Kier alpha value is -0.920. The lowest BCUT2D eigenvalue weighted by atomic mass is 9.44. The van der Waals surface area contributed by atoms with Gasteiger partial charge in [-0.2, -0.15) is 0 Å². The van der Waals surface area contributed by atoms with Crippen molar-refractivity contribution in [3.63, 3.8) is 0 Å². The first-order valence-electron chi connectivity index (χ1n) is 12.4. The van der Waals surface area contributed by atoms with Gasteiger partial charge in [0.2, 0.25) is 0 Å². The summed E-state index contributed by atoms with van der Waals surface area (Å²) < 4.78 is 0. The van der Waals surface area contributed by atoms with E-state index in [2.05, 4.69) is 46.8 Å². The van der Waals surface area contributed by atoms with Gasteiger partial charge in [-0.25, -0.2) is 0 Å². The lowest BCUT2D eigenvalue weighted by Gasteiger charge is -2.59. The van der Waals surface area contributed by atoms with E-state index >= 15 is 0 Å². The molecule has 0 aromatic carbocycles. The Morgan fingerprint density at radius 3 is 2.41 bits per heavy atom. The Labute approximate surface area is 178 Å². The van der Waals surface area contributed by atoms with Gasteiger partial charge < -0.3 is 0 Å². The molecule has 2 nitrogen and oxygen atoms in total. The maximum Gasteiger partial charge on any atom is 0.137 e. The van der Waals surface area contributed by atoms with E-state index in [9.17, 15) is 9.59 Å². The van der Waals surface area contributed by atoms with Crippen molar-refractivity contribution in [2.75, 3.05) is 0 Å². The van der Waals surface area contributed by atoms with Crippen LogP contribution in [0.4, 0.5) is 0 Å². The van der Waals surface area contributed by atoms with Gasteiger partial charge in [0.25, 0.3) is 0 Å². The van der Waals surface area contributed by atoms with Crippen LogP contribution in [0.2, 0.25) is 0 Å². The molecular weight excluding hydrogens is 356 g/mol. The van der Waals surface area contributed by atoms with Crippen molar-refractivity contribution in [3.8, 4) is 0 Å². The first kappa shape index (κ1) is 21.3. The first-order valence-corrected chi connectivity index (χ1v) is 12.4. The van der Waals surface area contributed by atoms with E-state index in [1.54, 1.807) is 0 Å². The van der Waals surface area contributed by atoms with Crippen molar-refractivity contribution in [1.29, 1.82) is 0 Å². The average Bonchev–Trinajstić information content (AvgIpc) is 3.00. The molecule has 0 aromatic rings. The van der Waals surface area contributed by atoms with Gasteiger partial charge in [0.05, 0.1) is 0 Å². The number of carbonyl (C=O) groups is 2. The van der Waals surface area contributed by atoms with Crippen molar-refractivity contribution >= 4 is 11.6 Å². The highest BCUT2D eigenvalue weighted by atomic mass is 16.1. The number of hydrogen-bond acceptors (Lipinski definition) is 2. The van der Waals surface area contributed by atoms with Gasteiger partial charge in [0.1, 0.15) is 11.6 Å². The lowest BCUT2D eigenvalue weighted by molar-refractivity contribution is -0.158. The first-order chi connectivity index (χ1) is 13.7. The fraction of sp³-hybridized carbons (Fsp3) is 0.852. The molecule has 0 spiro atoms. The van der Waals surface area contributed by atoms with Crippen molar-refractivity contribution in [1.82, 2.24) is 0 Å². The second kappa shape index (κ2) is 7.65. The summed E-state index contributed by atoms with van der Waals surface area (Å²) in [5.74, 6) is 4.79. The van der Waals surface area contributed by atoms with Crippen LogP contribution in [-0.4, -0.2) is 11.6 Å². The maximum absolute atomic E-state index is 13.2. The summed E-state index contributed by atoms with van der Waals surface area (Å²) in [6.07, 6.45) is 14.2. The second-order valence-corrected chi connectivity index (χ2v) is 12.0. The van der Waals surface area contributed by atoms with Crippen LogP contribution < -0.4 is 0 Å². The molecule has 0 bridgehead atoms. The third kappa shape index (κ3) is 3.47. The van der Waals surface area contributed by atoms with Crippen LogP contribution >= 0.6 is 0 Å². The third-order valence-electron chi connectivity index (χ3n) is 10.0. The van der Waals surface area contributed by atoms with Crippen molar-refractivity contribution in [3.05, 3.63) is 12.2 Å². The number of Topliss-reactive ketones (excluding diaryl/α,β-unsaturated/α-hetero) is 2. The number of fused-ring (bicyclic) bond motifs is 5. The van der Waals surface area contributed by atoms with Gasteiger partial charge in [-0.15, -0.1) is 0 Å². The van der Waals surface area contributed by atoms with E-state index in [0.717, 1.165) is 24.7 Å². The Balaban J connectivity index is 1.55. The zero-order valence-corrected chi connectivity index (χ0v) is 19.4. The number of allylic oxidation sites excluding steroid dienone is 2. The zero-order chi connectivity index (χ0) is 21.0. The molecule has 4 aliphatic carbocycles. The SMILES string of the molecule is CC(C)CC=C[C@@H](C)[C@H]1CC[C@H]2[C@@H]3CC(=O)[C@H]4CC(=O)CC[C@]4(C)[C@H]3CC[C@]12C. The number of ketones is 2. The fourth-order valence-corrected chi connectivity index (χ4v) is 8.44. The fourth-order valence-electron chi connectivity index (χ4n) is 8.44. The normalized spacial score (nSPS) is 45.9. The van der Waals surface area contributed by atoms with E-state index in [1.165, 1.54) is 32.1 Å². The van der Waals surface area contributed by atoms with Crippen molar-refractivity contribution in [2.45, 2.75) is 92.4 Å². The third-order valence-corrected chi connectivity index (χ3v) is 10.0.